The van der Waals surface area contributed by atoms with E-state index in [1.54, 1.807) is 0 Å². The summed E-state index contributed by atoms with van der Waals surface area (Å²) in [6.45, 7) is 2.67. The van der Waals surface area contributed by atoms with Crippen LogP contribution in [0, 0.1) is 0 Å². The van der Waals surface area contributed by atoms with Gasteiger partial charge < -0.3 is 10.4 Å². The molecule has 1 aliphatic carbocycles. The molecule has 0 bridgehead atoms. The van der Waals surface area contributed by atoms with E-state index in [-0.39, 0.29) is 5.56 Å². The van der Waals surface area contributed by atoms with Gasteiger partial charge in [-0.3, -0.25) is 0 Å². The Balaban J connectivity index is 1.97. The number of carboxylic acid groups (broad SMARTS) is 1. The molecule has 1 aliphatic rings. The van der Waals surface area contributed by atoms with E-state index in [0.717, 1.165) is 12.2 Å². The van der Waals surface area contributed by atoms with Crippen LogP contribution >= 0.6 is 11.8 Å². The van der Waals surface area contributed by atoms with E-state index in [9.17, 15) is 4.79 Å². The largest absolute Gasteiger partial charge is 0.478 e. The van der Waals surface area contributed by atoms with Crippen molar-refractivity contribution in [3.05, 3.63) is 23.8 Å². The molecule has 1 aromatic heterocycles. The van der Waals surface area contributed by atoms with Gasteiger partial charge >= 0.3 is 5.97 Å². The Morgan fingerprint density at radius 1 is 1.58 bits per heavy atom. The fourth-order valence-electron chi connectivity index (χ4n) is 2.48. The molecular formula is C13H19N3O2S. The number of aromatic nitrogens is 2. The molecule has 1 aromatic rings. The third-order valence-corrected chi connectivity index (χ3v) is 4.72. The van der Waals surface area contributed by atoms with Crippen LogP contribution in [0.2, 0.25) is 0 Å². The average Bonchev–Trinajstić information content (AvgIpc) is 2.84. The Morgan fingerprint density at radius 2 is 2.42 bits per heavy atom. The van der Waals surface area contributed by atoms with E-state index in [1.165, 1.54) is 25.4 Å². The van der Waals surface area contributed by atoms with Crippen LogP contribution in [-0.2, 0) is 6.54 Å². The van der Waals surface area contributed by atoms with Gasteiger partial charge in [-0.1, -0.05) is 13.3 Å². The molecule has 0 saturated heterocycles. The first kappa shape index (κ1) is 14.3. The van der Waals surface area contributed by atoms with E-state index >= 15 is 0 Å². The fraction of sp³-hybridized carbons (Fsp3) is 0.615. The van der Waals surface area contributed by atoms with Crippen molar-refractivity contribution in [3.63, 3.8) is 0 Å². The molecule has 2 N–H and O–H groups in total. The Kier molecular flexibility index (Phi) is 5.15. The normalized spacial score (nSPS) is 22.6. The first-order chi connectivity index (χ1) is 9.22. The number of rotatable bonds is 6. The van der Waals surface area contributed by atoms with E-state index in [2.05, 4.69) is 22.2 Å². The van der Waals surface area contributed by atoms with Gasteiger partial charge in [0, 0.05) is 24.0 Å². The molecule has 0 radical (unpaired) electrons. The van der Waals surface area contributed by atoms with Crippen molar-refractivity contribution >= 4 is 17.7 Å². The summed E-state index contributed by atoms with van der Waals surface area (Å²) in [6.07, 6.45) is 6.40. The molecule has 2 rings (SSSR count). The first-order valence-electron chi connectivity index (χ1n) is 6.59. The van der Waals surface area contributed by atoms with Gasteiger partial charge in [-0.25, -0.2) is 14.8 Å². The van der Waals surface area contributed by atoms with Crippen LogP contribution in [0.3, 0.4) is 0 Å². The zero-order valence-electron chi connectivity index (χ0n) is 11.0. The van der Waals surface area contributed by atoms with Gasteiger partial charge in [-0.2, -0.15) is 11.8 Å². The fourth-order valence-corrected chi connectivity index (χ4v) is 3.70. The van der Waals surface area contributed by atoms with Crippen molar-refractivity contribution < 1.29 is 9.90 Å². The number of thioether (sulfide) groups is 1. The summed E-state index contributed by atoms with van der Waals surface area (Å²) in [5.74, 6) is 0.153. The predicted octanol–water partition coefficient (Wildman–Crippen LogP) is 1.94. The van der Waals surface area contributed by atoms with Gasteiger partial charge in [0.15, 0.2) is 0 Å². The molecule has 19 heavy (non-hydrogen) atoms. The highest BCUT2D eigenvalue weighted by Gasteiger charge is 2.27. The Morgan fingerprint density at radius 3 is 3.16 bits per heavy atom. The van der Waals surface area contributed by atoms with E-state index in [4.69, 9.17) is 5.11 Å². The third-order valence-electron chi connectivity index (χ3n) is 3.39. The number of hydrogen-bond acceptors (Lipinski definition) is 5. The second kappa shape index (κ2) is 6.86. The van der Waals surface area contributed by atoms with E-state index in [0.29, 0.717) is 23.5 Å². The average molecular weight is 281 g/mol. The zero-order chi connectivity index (χ0) is 13.7. The Hall–Kier alpha value is -1.14. The highest BCUT2D eigenvalue weighted by atomic mass is 32.2. The lowest BCUT2D eigenvalue weighted by Crippen LogP contribution is -2.34. The summed E-state index contributed by atoms with van der Waals surface area (Å²) in [4.78, 5) is 18.9. The quantitative estimate of drug-likeness (QED) is 0.830. The molecule has 1 fully saturated rings. The second-order valence-electron chi connectivity index (χ2n) is 4.60. The number of hydrogen-bond donors (Lipinski definition) is 2. The van der Waals surface area contributed by atoms with Gasteiger partial charge in [0.2, 0.25) is 0 Å². The van der Waals surface area contributed by atoms with Crippen LogP contribution in [-0.4, -0.2) is 38.1 Å². The summed E-state index contributed by atoms with van der Waals surface area (Å²) in [5, 5.41) is 13.2. The molecule has 0 aliphatic heterocycles. The molecule has 5 nitrogen and oxygen atoms in total. The molecule has 0 aromatic carbocycles. The summed E-state index contributed by atoms with van der Waals surface area (Å²) in [7, 11) is 0. The lowest BCUT2D eigenvalue weighted by molar-refractivity contribution is 0.0694. The molecule has 1 heterocycles. The number of nitrogens with one attached hydrogen (secondary N) is 1. The topological polar surface area (TPSA) is 75.1 Å². The lowest BCUT2D eigenvalue weighted by Gasteiger charge is -2.20. The van der Waals surface area contributed by atoms with Crippen molar-refractivity contribution in [2.45, 2.75) is 44.0 Å². The highest BCUT2D eigenvalue weighted by Crippen LogP contribution is 2.30. The maximum Gasteiger partial charge on any atom is 0.339 e. The van der Waals surface area contributed by atoms with Crippen molar-refractivity contribution in [1.29, 1.82) is 0 Å². The van der Waals surface area contributed by atoms with Crippen LogP contribution in [0.5, 0.6) is 0 Å². The summed E-state index contributed by atoms with van der Waals surface area (Å²) in [5.41, 5.74) is 0.752. The van der Waals surface area contributed by atoms with Crippen molar-refractivity contribution in [1.82, 2.24) is 15.3 Å². The molecule has 0 amide bonds. The standard InChI is InChI=1S/C13H19N3O2S/c1-2-19-12-5-3-4-10(12)15-7-11-9(13(17)18)6-14-8-16-11/h6,8,10,12,15H,2-5,7H2,1H3,(H,17,18). The van der Waals surface area contributed by atoms with E-state index < -0.39 is 5.97 Å². The SMILES string of the molecule is CCSC1CCCC1NCc1ncncc1C(=O)O. The molecule has 1 saturated carbocycles. The number of nitrogens with zero attached hydrogens (tertiary/aromatic N) is 2. The van der Waals surface area contributed by atoms with Crippen molar-refractivity contribution in [3.8, 4) is 0 Å². The Bertz CT molecular complexity index is 442. The van der Waals surface area contributed by atoms with Gasteiger partial charge in [-0.05, 0) is 18.6 Å². The van der Waals surface area contributed by atoms with Crippen LogP contribution < -0.4 is 5.32 Å². The predicted molar refractivity (Wildman–Crippen MR) is 75.4 cm³/mol. The van der Waals surface area contributed by atoms with Gasteiger partial charge in [-0.15, -0.1) is 0 Å². The van der Waals surface area contributed by atoms with Crippen molar-refractivity contribution in [2.24, 2.45) is 0 Å². The number of carbonyl (C=O) groups is 1. The maximum atomic E-state index is 11.1. The second-order valence-corrected chi connectivity index (χ2v) is 6.12. The maximum absolute atomic E-state index is 11.1. The molecule has 0 spiro atoms. The van der Waals surface area contributed by atoms with Crippen LogP contribution in [0.1, 0.15) is 42.2 Å². The summed E-state index contributed by atoms with van der Waals surface area (Å²) >= 11 is 1.98. The smallest absolute Gasteiger partial charge is 0.339 e. The van der Waals surface area contributed by atoms with E-state index in [1.807, 2.05) is 11.8 Å². The molecule has 104 valence electrons. The molecule has 2 atom stereocenters. The van der Waals surface area contributed by atoms with Gasteiger partial charge in [0.1, 0.15) is 11.9 Å². The van der Waals surface area contributed by atoms with Gasteiger partial charge in [0.05, 0.1) is 5.69 Å². The minimum absolute atomic E-state index is 0.188. The van der Waals surface area contributed by atoms with Crippen LogP contribution in [0.15, 0.2) is 12.5 Å². The molecule has 6 heteroatoms. The minimum atomic E-state index is -0.969. The van der Waals surface area contributed by atoms with Gasteiger partial charge in [0.25, 0.3) is 0 Å². The Labute approximate surface area is 117 Å². The first-order valence-corrected chi connectivity index (χ1v) is 7.64. The monoisotopic (exact) mass is 281 g/mol. The third kappa shape index (κ3) is 3.67. The number of carboxylic acids is 1. The van der Waals surface area contributed by atoms with Crippen LogP contribution in [0.4, 0.5) is 0 Å². The summed E-state index contributed by atoms with van der Waals surface area (Å²) < 4.78 is 0. The minimum Gasteiger partial charge on any atom is -0.478 e. The van der Waals surface area contributed by atoms with Crippen LogP contribution in [0.25, 0.3) is 0 Å². The number of aromatic carboxylic acids is 1. The lowest BCUT2D eigenvalue weighted by atomic mass is 10.2. The molecule has 2 unspecified atom stereocenters. The highest BCUT2D eigenvalue weighted by molar-refractivity contribution is 7.99. The zero-order valence-corrected chi connectivity index (χ0v) is 11.8. The van der Waals surface area contributed by atoms with Crippen molar-refractivity contribution in [2.75, 3.05) is 5.75 Å². The summed E-state index contributed by atoms with van der Waals surface area (Å²) in [6, 6.07) is 0.460. The molecular weight excluding hydrogens is 262 g/mol.